The van der Waals surface area contributed by atoms with Gasteiger partial charge in [0, 0.05) is 25.1 Å². The van der Waals surface area contributed by atoms with Crippen LogP contribution >= 0.6 is 0 Å². The SMILES string of the molecule is CCNc1ccccc1S(=O)(=O)NC(C)C1CCOC1. The summed E-state index contributed by atoms with van der Waals surface area (Å²) < 4.78 is 33.1. The minimum Gasteiger partial charge on any atom is -0.384 e. The monoisotopic (exact) mass is 298 g/mol. The molecule has 0 aliphatic carbocycles. The van der Waals surface area contributed by atoms with Crippen LogP contribution in [0.2, 0.25) is 0 Å². The number of para-hydroxylation sites is 1. The molecule has 1 aliphatic heterocycles. The maximum Gasteiger partial charge on any atom is 0.242 e. The van der Waals surface area contributed by atoms with Crippen LogP contribution in [0.25, 0.3) is 0 Å². The molecule has 0 bridgehead atoms. The summed E-state index contributed by atoms with van der Waals surface area (Å²) in [6.45, 7) is 5.85. The fourth-order valence-electron chi connectivity index (χ4n) is 2.39. The van der Waals surface area contributed by atoms with Crippen LogP contribution in [0.1, 0.15) is 20.3 Å². The molecule has 1 aliphatic rings. The summed E-state index contributed by atoms with van der Waals surface area (Å²) >= 11 is 0. The molecule has 1 aromatic rings. The van der Waals surface area contributed by atoms with Gasteiger partial charge < -0.3 is 10.1 Å². The second-order valence-corrected chi connectivity index (χ2v) is 6.74. The van der Waals surface area contributed by atoms with Crippen molar-refractivity contribution in [2.75, 3.05) is 25.1 Å². The van der Waals surface area contributed by atoms with Crippen molar-refractivity contribution in [1.29, 1.82) is 0 Å². The van der Waals surface area contributed by atoms with E-state index in [1.807, 2.05) is 19.9 Å². The van der Waals surface area contributed by atoms with Gasteiger partial charge in [-0.1, -0.05) is 12.1 Å². The van der Waals surface area contributed by atoms with Crippen molar-refractivity contribution >= 4 is 15.7 Å². The van der Waals surface area contributed by atoms with Gasteiger partial charge in [-0.05, 0) is 32.4 Å². The van der Waals surface area contributed by atoms with Gasteiger partial charge in [0.15, 0.2) is 0 Å². The summed E-state index contributed by atoms with van der Waals surface area (Å²) in [5.41, 5.74) is 0.636. The van der Waals surface area contributed by atoms with Crippen molar-refractivity contribution in [3.63, 3.8) is 0 Å². The average Bonchev–Trinajstić information content (AvgIpc) is 2.93. The Bertz CT molecular complexity index is 539. The molecule has 2 N–H and O–H groups in total. The fraction of sp³-hybridized carbons (Fsp3) is 0.571. The van der Waals surface area contributed by atoms with Crippen molar-refractivity contribution in [1.82, 2.24) is 4.72 Å². The van der Waals surface area contributed by atoms with E-state index in [4.69, 9.17) is 4.74 Å². The molecule has 1 saturated heterocycles. The topological polar surface area (TPSA) is 67.4 Å². The van der Waals surface area contributed by atoms with Crippen LogP contribution in [-0.2, 0) is 14.8 Å². The zero-order chi connectivity index (χ0) is 14.6. The van der Waals surface area contributed by atoms with E-state index < -0.39 is 10.0 Å². The molecule has 1 heterocycles. The van der Waals surface area contributed by atoms with E-state index in [-0.39, 0.29) is 12.0 Å². The molecule has 0 radical (unpaired) electrons. The van der Waals surface area contributed by atoms with Crippen molar-refractivity contribution in [2.45, 2.75) is 31.2 Å². The van der Waals surface area contributed by atoms with Crippen LogP contribution in [0.15, 0.2) is 29.2 Å². The summed E-state index contributed by atoms with van der Waals surface area (Å²) in [5, 5.41) is 3.08. The van der Waals surface area contributed by atoms with Crippen LogP contribution in [-0.4, -0.2) is 34.2 Å². The van der Waals surface area contributed by atoms with Gasteiger partial charge in [-0.3, -0.25) is 0 Å². The molecular weight excluding hydrogens is 276 g/mol. The third-order valence-electron chi connectivity index (χ3n) is 3.56. The van der Waals surface area contributed by atoms with Crippen LogP contribution in [0.5, 0.6) is 0 Å². The Hall–Kier alpha value is -1.11. The van der Waals surface area contributed by atoms with Crippen LogP contribution in [0, 0.1) is 5.92 Å². The maximum absolute atomic E-state index is 12.5. The van der Waals surface area contributed by atoms with Gasteiger partial charge in [0.25, 0.3) is 0 Å². The molecule has 6 heteroatoms. The number of hydrogen-bond donors (Lipinski definition) is 2. The molecule has 2 rings (SSSR count). The van der Waals surface area contributed by atoms with Gasteiger partial charge in [-0.15, -0.1) is 0 Å². The first-order chi connectivity index (χ1) is 9.54. The molecule has 20 heavy (non-hydrogen) atoms. The first kappa shape index (κ1) is 15.3. The van der Waals surface area contributed by atoms with Gasteiger partial charge in [0.05, 0.1) is 12.3 Å². The number of rotatable bonds is 6. The highest BCUT2D eigenvalue weighted by Gasteiger charge is 2.27. The van der Waals surface area contributed by atoms with Crippen LogP contribution in [0.3, 0.4) is 0 Å². The highest BCUT2D eigenvalue weighted by Crippen LogP contribution is 2.23. The number of benzene rings is 1. The standard InChI is InChI=1S/C14H22N2O3S/c1-3-15-13-6-4-5-7-14(13)20(17,18)16-11(2)12-8-9-19-10-12/h4-7,11-12,15-16H,3,8-10H2,1-2H3. The van der Waals surface area contributed by atoms with E-state index >= 15 is 0 Å². The van der Waals surface area contributed by atoms with Gasteiger partial charge in [0.1, 0.15) is 4.90 Å². The van der Waals surface area contributed by atoms with E-state index in [2.05, 4.69) is 10.0 Å². The second kappa shape index (κ2) is 6.56. The Morgan fingerprint density at radius 2 is 2.15 bits per heavy atom. The largest absolute Gasteiger partial charge is 0.384 e. The lowest BCUT2D eigenvalue weighted by Crippen LogP contribution is -2.38. The molecule has 1 aromatic carbocycles. The molecule has 0 saturated carbocycles. The Balaban J connectivity index is 2.17. The fourth-order valence-corrected chi connectivity index (χ4v) is 3.89. The molecule has 1 fully saturated rings. The minimum absolute atomic E-state index is 0.128. The third-order valence-corrected chi connectivity index (χ3v) is 5.17. The Morgan fingerprint density at radius 1 is 1.40 bits per heavy atom. The smallest absolute Gasteiger partial charge is 0.242 e. The lowest BCUT2D eigenvalue weighted by atomic mass is 10.0. The van der Waals surface area contributed by atoms with E-state index in [1.54, 1.807) is 18.2 Å². The number of sulfonamides is 1. The number of nitrogens with one attached hydrogen (secondary N) is 2. The van der Waals surface area contributed by atoms with Gasteiger partial charge in [0.2, 0.25) is 10.0 Å². The quantitative estimate of drug-likeness (QED) is 0.840. The number of hydrogen-bond acceptors (Lipinski definition) is 4. The lowest BCUT2D eigenvalue weighted by molar-refractivity contribution is 0.180. The van der Waals surface area contributed by atoms with Gasteiger partial charge in [-0.25, -0.2) is 13.1 Å². The Kier molecular flexibility index (Phi) is 5.01. The zero-order valence-corrected chi connectivity index (χ0v) is 12.7. The molecular formula is C14H22N2O3S. The first-order valence-electron chi connectivity index (χ1n) is 6.97. The molecule has 0 amide bonds. The van der Waals surface area contributed by atoms with E-state index in [9.17, 15) is 8.42 Å². The summed E-state index contributed by atoms with van der Waals surface area (Å²) in [7, 11) is -3.52. The highest BCUT2D eigenvalue weighted by atomic mass is 32.2. The van der Waals surface area contributed by atoms with Crippen molar-refractivity contribution in [2.24, 2.45) is 5.92 Å². The van der Waals surface area contributed by atoms with Gasteiger partial charge in [-0.2, -0.15) is 0 Å². The van der Waals surface area contributed by atoms with E-state index in [0.717, 1.165) is 6.42 Å². The summed E-state index contributed by atoms with van der Waals surface area (Å²) in [6.07, 6.45) is 0.901. The van der Waals surface area contributed by atoms with Crippen molar-refractivity contribution < 1.29 is 13.2 Å². The third kappa shape index (κ3) is 3.50. The summed E-state index contributed by atoms with van der Waals surface area (Å²) in [6, 6.07) is 6.83. The minimum atomic E-state index is -3.52. The van der Waals surface area contributed by atoms with Crippen LogP contribution in [0.4, 0.5) is 5.69 Å². The molecule has 112 valence electrons. The Morgan fingerprint density at radius 3 is 2.80 bits per heavy atom. The Labute approximate surface area is 120 Å². The summed E-state index contributed by atoms with van der Waals surface area (Å²) in [5.74, 6) is 0.246. The zero-order valence-electron chi connectivity index (χ0n) is 11.9. The van der Waals surface area contributed by atoms with E-state index in [1.165, 1.54) is 0 Å². The van der Waals surface area contributed by atoms with Crippen molar-refractivity contribution in [3.05, 3.63) is 24.3 Å². The van der Waals surface area contributed by atoms with Gasteiger partial charge >= 0.3 is 0 Å². The first-order valence-corrected chi connectivity index (χ1v) is 8.46. The highest BCUT2D eigenvalue weighted by molar-refractivity contribution is 7.89. The second-order valence-electron chi connectivity index (χ2n) is 5.06. The molecule has 0 spiro atoms. The molecule has 0 aromatic heterocycles. The molecule has 2 unspecified atom stereocenters. The predicted octanol–water partition coefficient (Wildman–Crippen LogP) is 1.82. The number of anilines is 1. The van der Waals surface area contributed by atoms with E-state index in [0.29, 0.717) is 30.3 Å². The lowest BCUT2D eigenvalue weighted by Gasteiger charge is -2.20. The molecule has 2 atom stereocenters. The van der Waals surface area contributed by atoms with Crippen molar-refractivity contribution in [3.8, 4) is 0 Å². The summed E-state index contributed by atoms with van der Waals surface area (Å²) in [4.78, 5) is 0.299. The van der Waals surface area contributed by atoms with Crippen LogP contribution < -0.4 is 10.0 Å². The maximum atomic E-state index is 12.5. The predicted molar refractivity (Wildman–Crippen MR) is 79.3 cm³/mol. The molecule has 5 nitrogen and oxygen atoms in total. The normalized spacial score (nSPS) is 20.8. The average molecular weight is 298 g/mol. The number of ether oxygens (including phenoxy) is 1.